The number of ether oxygens (including phenoxy) is 2. The average molecular weight is 691 g/mol. The van der Waals surface area contributed by atoms with Gasteiger partial charge in [-0.3, -0.25) is 9.59 Å². The predicted octanol–water partition coefficient (Wildman–Crippen LogP) is 14.6. The second kappa shape index (κ2) is 35.3. The van der Waals surface area contributed by atoms with Crippen molar-refractivity contribution in [2.45, 2.75) is 245 Å². The number of unbranched alkanes of at least 4 members (excludes halogenated alkanes) is 25. The van der Waals surface area contributed by atoms with Crippen LogP contribution < -0.4 is 0 Å². The molecule has 1 rings (SSSR count). The van der Waals surface area contributed by atoms with Crippen LogP contribution in [0.2, 0.25) is 0 Å². The molecule has 0 radical (unpaired) electrons. The van der Waals surface area contributed by atoms with Crippen LogP contribution >= 0.6 is 0 Å². The van der Waals surface area contributed by atoms with E-state index in [4.69, 9.17) is 9.47 Å². The Balaban J connectivity index is 2.15. The highest BCUT2D eigenvalue weighted by atomic mass is 16.5. The molecule has 0 saturated heterocycles. The highest BCUT2D eigenvalue weighted by Gasteiger charge is 2.35. The van der Waals surface area contributed by atoms with Crippen molar-refractivity contribution in [2.75, 3.05) is 13.2 Å². The summed E-state index contributed by atoms with van der Waals surface area (Å²) in [5.74, 6) is 1.42. The van der Waals surface area contributed by atoms with Gasteiger partial charge in [0.25, 0.3) is 0 Å². The SMILES string of the molecule is CCCCCCCCCCCCOC(=O)CCCCCCCC1CCC(CCCCCC)C(C(=O)OCCCCCCCCCCCC)C1. The molecule has 4 nitrogen and oxygen atoms in total. The van der Waals surface area contributed by atoms with Gasteiger partial charge in [0.05, 0.1) is 19.1 Å². The Morgan fingerprint density at radius 3 is 1.39 bits per heavy atom. The molecule has 0 heterocycles. The van der Waals surface area contributed by atoms with Crippen LogP contribution in [0.5, 0.6) is 0 Å². The fourth-order valence-electron chi connectivity index (χ4n) is 8.00. The minimum atomic E-state index is -0.00604. The molecule has 0 aromatic carbocycles. The van der Waals surface area contributed by atoms with E-state index < -0.39 is 0 Å². The summed E-state index contributed by atoms with van der Waals surface area (Å²) in [7, 11) is 0. The van der Waals surface area contributed by atoms with Crippen LogP contribution in [0.1, 0.15) is 245 Å². The quantitative estimate of drug-likeness (QED) is 0.0485. The molecular weight excluding hydrogens is 604 g/mol. The Kier molecular flexibility index (Phi) is 33.2. The molecule has 3 atom stereocenters. The predicted molar refractivity (Wildman–Crippen MR) is 211 cm³/mol. The Morgan fingerprint density at radius 1 is 0.449 bits per heavy atom. The van der Waals surface area contributed by atoms with Crippen molar-refractivity contribution in [3.63, 3.8) is 0 Å². The standard InChI is InChI=1S/C45H86O4/c1-4-7-10-13-15-17-19-21-26-31-38-48-44(46)35-30-25-23-24-28-33-41-36-37-42(34-29-12-9-6-3)43(40-41)45(47)49-39-32-27-22-20-18-16-14-11-8-5-2/h41-43H,4-40H2,1-3H3. The highest BCUT2D eigenvalue weighted by Crippen LogP contribution is 2.40. The fraction of sp³-hybridized carbons (Fsp3) is 0.956. The van der Waals surface area contributed by atoms with Gasteiger partial charge in [-0.1, -0.05) is 201 Å². The zero-order valence-corrected chi connectivity index (χ0v) is 33.5. The molecule has 1 saturated carbocycles. The zero-order valence-electron chi connectivity index (χ0n) is 33.5. The van der Waals surface area contributed by atoms with Crippen LogP contribution in [0.25, 0.3) is 0 Å². The van der Waals surface area contributed by atoms with Crippen molar-refractivity contribution in [3.8, 4) is 0 Å². The van der Waals surface area contributed by atoms with E-state index in [9.17, 15) is 9.59 Å². The molecule has 0 aromatic heterocycles. The first-order chi connectivity index (χ1) is 24.1. The lowest BCUT2D eigenvalue weighted by molar-refractivity contribution is -0.153. The summed E-state index contributed by atoms with van der Waals surface area (Å²) in [6.45, 7) is 8.04. The monoisotopic (exact) mass is 691 g/mol. The van der Waals surface area contributed by atoms with Gasteiger partial charge in [0.2, 0.25) is 0 Å². The van der Waals surface area contributed by atoms with Gasteiger partial charge in [-0.25, -0.2) is 0 Å². The van der Waals surface area contributed by atoms with E-state index in [1.165, 1.54) is 186 Å². The van der Waals surface area contributed by atoms with Crippen molar-refractivity contribution in [1.29, 1.82) is 0 Å². The summed E-state index contributed by atoms with van der Waals surface area (Å²) >= 11 is 0. The summed E-state index contributed by atoms with van der Waals surface area (Å²) < 4.78 is 11.4. The van der Waals surface area contributed by atoms with Gasteiger partial charge in [0.15, 0.2) is 0 Å². The number of carbonyl (C=O) groups excluding carboxylic acids is 2. The number of hydrogen-bond acceptors (Lipinski definition) is 4. The summed E-state index contributed by atoms with van der Waals surface area (Å²) in [6, 6.07) is 0. The molecule has 0 bridgehead atoms. The van der Waals surface area contributed by atoms with E-state index in [-0.39, 0.29) is 17.9 Å². The third kappa shape index (κ3) is 28.2. The van der Waals surface area contributed by atoms with Gasteiger partial charge in [-0.15, -0.1) is 0 Å². The van der Waals surface area contributed by atoms with Crippen LogP contribution in [0.3, 0.4) is 0 Å². The van der Waals surface area contributed by atoms with Gasteiger partial charge < -0.3 is 9.47 Å². The normalized spacial score (nSPS) is 17.7. The lowest BCUT2D eigenvalue weighted by atomic mass is 9.71. The lowest BCUT2D eigenvalue weighted by Gasteiger charge is -2.35. The van der Waals surface area contributed by atoms with E-state index >= 15 is 0 Å². The molecule has 3 unspecified atom stereocenters. The molecule has 1 aliphatic rings. The number of esters is 2. The smallest absolute Gasteiger partial charge is 0.309 e. The Hall–Kier alpha value is -1.06. The van der Waals surface area contributed by atoms with E-state index in [0.717, 1.165) is 32.1 Å². The maximum atomic E-state index is 13.3. The van der Waals surface area contributed by atoms with Gasteiger partial charge in [-0.05, 0) is 50.4 Å². The molecule has 49 heavy (non-hydrogen) atoms. The second-order valence-corrected chi connectivity index (χ2v) is 16.0. The van der Waals surface area contributed by atoms with Crippen LogP contribution in [0.15, 0.2) is 0 Å². The average Bonchev–Trinajstić information content (AvgIpc) is 3.11. The molecular formula is C45H86O4. The molecule has 0 amide bonds. The van der Waals surface area contributed by atoms with Gasteiger partial charge in [-0.2, -0.15) is 0 Å². The molecule has 1 fully saturated rings. The maximum absolute atomic E-state index is 13.3. The van der Waals surface area contributed by atoms with Crippen LogP contribution in [-0.4, -0.2) is 25.2 Å². The van der Waals surface area contributed by atoms with Gasteiger partial charge in [0, 0.05) is 6.42 Å². The molecule has 0 aliphatic heterocycles. The minimum absolute atomic E-state index is 0.00604. The van der Waals surface area contributed by atoms with Crippen molar-refractivity contribution in [1.82, 2.24) is 0 Å². The molecule has 290 valence electrons. The van der Waals surface area contributed by atoms with E-state index in [1.54, 1.807) is 0 Å². The molecule has 1 aliphatic carbocycles. The largest absolute Gasteiger partial charge is 0.466 e. The van der Waals surface area contributed by atoms with Crippen LogP contribution in [-0.2, 0) is 19.1 Å². The summed E-state index contributed by atoms with van der Waals surface area (Å²) in [4.78, 5) is 25.4. The first kappa shape index (κ1) is 46.0. The minimum Gasteiger partial charge on any atom is -0.466 e. The Bertz CT molecular complexity index is 721. The first-order valence-electron chi connectivity index (χ1n) is 22.4. The van der Waals surface area contributed by atoms with Gasteiger partial charge >= 0.3 is 11.9 Å². The molecule has 0 N–H and O–H groups in total. The molecule has 0 spiro atoms. The molecule has 0 aromatic rings. The maximum Gasteiger partial charge on any atom is 0.309 e. The van der Waals surface area contributed by atoms with Crippen LogP contribution in [0, 0.1) is 17.8 Å². The zero-order chi connectivity index (χ0) is 35.5. The summed E-state index contributed by atoms with van der Waals surface area (Å²) in [5, 5.41) is 0. The molecule has 4 heteroatoms. The summed E-state index contributed by atoms with van der Waals surface area (Å²) in [6.07, 6.45) is 43.5. The first-order valence-corrected chi connectivity index (χ1v) is 22.4. The highest BCUT2D eigenvalue weighted by molar-refractivity contribution is 5.73. The third-order valence-electron chi connectivity index (χ3n) is 11.3. The fourth-order valence-corrected chi connectivity index (χ4v) is 8.00. The van der Waals surface area contributed by atoms with Crippen molar-refractivity contribution in [3.05, 3.63) is 0 Å². The lowest BCUT2D eigenvalue weighted by Crippen LogP contribution is -2.32. The summed E-state index contributed by atoms with van der Waals surface area (Å²) in [5.41, 5.74) is 0. The number of rotatable bonds is 36. The van der Waals surface area contributed by atoms with E-state index in [1.807, 2.05) is 0 Å². The number of carbonyl (C=O) groups is 2. The van der Waals surface area contributed by atoms with E-state index in [2.05, 4.69) is 20.8 Å². The second-order valence-electron chi connectivity index (χ2n) is 16.0. The van der Waals surface area contributed by atoms with Crippen molar-refractivity contribution < 1.29 is 19.1 Å². The van der Waals surface area contributed by atoms with Crippen molar-refractivity contribution >= 4 is 11.9 Å². The van der Waals surface area contributed by atoms with Crippen LogP contribution in [0.4, 0.5) is 0 Å². The number of hydrogen-bond donors (Lipinski definition) is 0. The third-order valence-corrected chi connectivity index (χ3v) is 11.3. The van der Waals surface area contributed by atoms with Gasteiger partial charge in [0.1, 0.15) is 0 Å². The topological polar surface area (TPSA) is 52.6 Å². The Labute approximate surface area is 306 Å². The van der Waals surface area contributed by atoms with E-state index in [0.29, 0.717) is 31.5 Å². The van der Waals surface area contributed by atoms with Crippen molar-refractivity contribution in [2.24, 2.45) is 17.8 Å². The Morgan fingerprint density at radius 2 is 0.857 bits per heavy atom.